The van der Waals surface area contributed by atoms with E-state index in [0.29, 0.717) is 17.1 Å². The highest BCUT2D eigenvalue weighted by atomic mass is 16.2. The fourth-order valence-electron chi connectivity index (χ4n) is 2.54. The van der Waals surface area contributed by atoms with Gasteiger partial charge in [0.2, 0.25) is 5.91 Å². The van der Waals surface area contributed by atoms with E-state index < -0.39 is 0 Å². The first-order valence-electron chi connectivity index (χ1n) is 6.27. The smallest absolute Gasteiger partial charge is 0.244 e. The van der Waals surface area contributed by atoms with Crippen molar-refractivity contribution in [3.8, 4) is 0 Å². The van der Waals surface area contributed by atoms with Crippen molar-refractivity contribution in [3.63, 3.8) is 0 Å². The molecular weight excluding hydrogens is 256 g/mol. The summed E-state index contributed by atoms with van der Waals surface area (Å²) < 4.78 is 1.63. The molecule has 1 N–H and O–H groups in total. The Bertz CT molecular complexity index is 705. The summed E-state index contributed by atoms with van der Waals surface area (Å²) in [6.45, 7) is 1.94. The molecule has 1 amide bonds. The minimum absolute atomic E-state index is 0.112. The molecule has 0 atom stereocenters. The first-order valence-corrected chi connectivity index (χ1v) is 6.27. The zero-order valence-electron chi connectivity index (χ0n) is 11.3. The number of rotatable bonds is 2. The van der Waals surface area contributed by atoms with Crippen molar-refractivity contribution in [2.75, 3.05) is 16.8 Å². The summed E-state index contributed by atoms with van der Waals surface area (Å²) in [6, 6.07) is 7.50. The van der Waals surface area contributed by atoms with E-state index in [2.05, 4.69) is 10.4 Å². The van der Waals surface area contributed by atoms with Gasteiger partial charge in [0.25, 0.3) is 0 Å². The van der Waals surface area contributed by atoms with Crippen molar-refractivity contribution in [1.82, 2.24) is 9.78 Å². The number of aryl methyl sites for hydroxylation is 2. The lowest BCUT2D eigenvalue weighted by atomic mass is 10.1. The average molecular weight is 270 g/mol. The van der Waals surface area contributed by atoms with E-state index in [-0.39, 0.29) is 12.5 Å². The highest BCUT2D eigenvalue weighted by Crippen LogP contribution is 2.36. The van der Waals surface area contributed by atoms with E-state index in [1.54, 1.807) is 18.7 Å². The van der Waals surface area contributed by atoms with Gasteiger partial charge in [-0.15, -0.1) is 0 Å². The summed E-state index contributed by atoms with van der Waals surface area (Å²) >= 11 is 0. The lowest BCUT2D eigenvalue weighted by molar-refractivity contribution is -0.115. The summed E-state index contributed by atoms with van der Waals surface area (Å²) in [5, 5.41) is 7.09. The Balaban J connectivity index is 2.20. The monoisotopic (exact) mass is 270 g/mol. The third-order valence-electron chi connectivity index (χ3n) is 3.38. The summed E-state index contributed by atoms with van der Waals surface area (Å²) in [6.07, 6.45) is 0.785. The van der Waals surface area contributed by atoms with Crippen LogP contribution in [0.5, 0.6) is 0 Å². The number of para-hydroxylation sites is 2. The van der Waals surface area contributed by atoms with Crippen molar-refractivity contribution in [2.45, 2.75) is 6.92 Å². The highest BCUT2D eigenvalue weighted by Gasteiger charge is 2.27. The molecule has 0 unspecified atom stereocenters. The van der Waals surface area contributed by atoms with Gasteiger partial charge in [0, 0.05) is 7.05 Å². The van der Waals surface area contributed by atoms with Crippen LogP contribution in [0.15, 0.2) is 24.3 Å². The van der Waals surface area contributed by atoms with Gasteiger partial charge in [-0.1, -0.05) is 12.1 Å². The van der Waals surface area contributed by atoms with Crippen LogP contribution < -0.4 is 10.2 Å². The average Bonchev–Trinajstić information content (AvgIpc) is 2.71. The van der Waals surface area contributed by atoms with Gasteiger partial charge in [-0.2, -0.15) is 5.10 Å². The normalized spacial score (nSPS) is 13.9. The molecule has 3 rings (SSSR count). The Kier molecular flexibility index (Phi) is 2.78. The standard InChI is InChI=1S/C14H14N4O2/c1-9-10(8-19)14(17(2)16-9)18-7-13(20)15-11-5-3-4-6-12(11)18/h3-6,8H,7H2,1-2H3,(H,15,20). The molecule has 2 heterocycles. The van der Waals surface area contributed by atoms with E-state index in [9.17, 15) is 9.59 Å². The third-order valence-corrected chi connectivity index (χ3v) is 3.38. The van der Waals surface area contributed by atoms with Crippen molar-refractivity contribution < 1.29 is 9.59 Å². The van der Waals surface area contributed by atoms with Gasteiger partial charge in [-0.25, -0.2) is 0 Å². The van der Waals surface area contributed by atoms with Crippen molar-refractivity contribution in [2.24, 2.45) is 7.05 Å². The van der Waals surface area contributed by atoms with E-state index in [1.807, 2.05) is 29.2 Å². The molecule has 102 valence electrons. The predicted molar refractivity (Wildman–Crippen MR) is 75.4 cm³/mol. The molecule has 1 aliphatic heterocycles. The molecule has 1 aromatic carbocycles. The maximum absolute atomic E-state index is 11.9. The van der Waals surface area contributed by atoms with Crippen LogP contribution in [0.4, 0.5) is 17.2 Å². The molecule has 0 aliphatic carbocycles. The topological polar surface area (TPSA) is 67.2 Å². The van der Waals surface area contributed by atoms with Crippen molar-refractivity contribution in [3.05, 3.63) is 35.5 Å². The van der Waals surface area contributed by atoms with Crippen LogP contribution >= 0.6 is 0 Å². The van der Waals surface area contributed by atoms with Crippen LogP contribution in [0.1, 0.15) is 16.1 Å². The molecule has 0 spiro atoms. The second-order valence-corrected chi connectivity index (χ2v) is 4.72. The van der Waals surface area contributed by atoms with Gasteiger partial charge in [-0.05, 0) is 19.1 Å². The molecule has 1 aliphatic rings. The summed E-state index contributed by atoms with van der Waals surface area (Å²) in [5.41, 5.74) is 2.76. The maximum atomic E-state index is 11.9. The summed E-state index contributed by atoms with van der Waals surface area (Å²) in [4.78, 5) is 25.0. The number of anilines is 3. The van der Waals surface area contributed by atoms with E-state index >= 15 is 0 Å². The summed E-state index contributed by atoms with van der Waals surface area (Å²) in [7, 11) is 1.77. The first kappa shape index (κ1) is 12.4. The number of nitrogens with zero attached hydrogens (tertiary/aromatic N) is 3. The second kappa shape index (κ2) is 4.48. The number of amides is 1. The Morgan fingerprint density at radius 2 is 2.10 bits per heavy atom. The Morgan fingerprint density at radius 1 is 1.35 bits per heavy atom. The zero-order chi connectivity index (χ0) is 14.3. The molecule has 0 fully saturated rings. The maximum Gasteiger partial charge on any atom is 0.244 e. The van der Waals surface area contributed by atoms with Gasteiger partial charge in [-0.3, -0.25) is 14.3 Å². The molecule has 0 saturated carbocycles. The second-order valence-electron chi connectivity index (χ2n) is 4.72. The van der Waals surface area contributed by atoms with Gasteiger partial charge in [0.05, 0.1) is 22.6 Å². The first-order chi connectivity index (χ1) is 9.61. The van der Waals surface area contributed by atoms with Crippen molar-refractivity contribution in [1.29, 1.82) is 0 Å². The van der Waals surface area contributed by atoms with E-state index in [0.717, 1.165) is 17.7 Å². The molecule has 2 aromatic rings. The number of fused-ring (bicyclic) bond motifs is 1. The van der Waals surface area contributed by atoms with E-state index in [4.69, 9.17) is 0 Å². The fraction of sp³-hybridized carbons (Fsp3) is 0.214. The van der Waals surface area contributed by atoms with Gasteiger partial charge in [0.15, 0.2) is 6.29 Å². The lowest BCUT2D eigenvalue weighted by Crippen LogP contribution is -2.36. The number of carbonyl (C=O) groups excluding carboxylic acids is 2. The molecule has 0 saturated heterocycles. The molecule has 6 heteroatoms. The SMILES string of the molecule is Cc1nn(C)c(N2CC(=O)Nc3ccccc32)c1C=O. The van der Waals surface area contributed by atoms with Crippen LogP contribution in [-0.2, 0) is 11.8 Å². The van der Waals surface area contributed by atoms with Crippen LogP contribution in [0.3, 0.4) is 0 Å². The predicted octanol–water partition coefficient (Wildman–Crippen LogP) is 1.63. The molecule has 20 heavy (non-hydrogen) atoms. The summed E-state index contributed by atoms with van der Waals surface area (Å²) in [5.74, 6) is 0.527. The van der Waals surface area contributed by atoms with Crippen LogP contribution in [0, 0.1) is 6.92 Å². The largest absolute Gasteiger partial charge is 0.323 e. The Morgan fingerprint density at radius 3 is 2.85 bits per heavy atom. The number of hydrogen-bond acceptors (Lipinski definition) is 4. The number of carbonyl (C=O) groups is 2. The Labute approximate surface area is 116 Å². The molecule has 0 bridgehead atoms. The number of hydrogen-bond donors (Lipinski definition) is 1. The van der Waals surface area contributed by atoms with Crippen molar-refractivity contribution >= 4 is 29.4 Å². The molecule has 1 aromatic heterocycles. The number of benzene rings is 1. The number of aromatic nitrogens is 2. The quantitative estimate of drug-likeness (QED) is 0.842. The minimum Gasteiger partial charge on any atom is -0.323 e. The molecule has 0 radical (unpaired) electrons. The minimum atomic E-state index is -0.112. The van der Waals surface area contributed by atoms with Crippen LogP contribution in [0.2, 0.25) is 0 Å². The van der Waals surface area contributed by atoms with Gasteiger partial charge in [0.1, 0.15) is 12.4 Å². The van der Waals surface area contributed by atoms with Gasteiger partial charge >= 0.3 is 0 Å². The lowest BCUT2D eigenvalue weighted by Gasteiger charge is -2.30. The fourth-order valence-corrected chi connectivity index (χ4v) is 2.54. The Hall–Kier alpha value is -2.63. The number of aldehydes is 1. The highest BCUT2D eigenvalue weighted by molar-refractivity contribution is 6.04. The van der Waals surface area contributed by atoms with Gasteiger partial charge < -0.3 is 10.2 Å². The van der Waals surface area contributed by atoms with E-state index in [1.165, 1.54) is 0 Å². The zero-order valence-corrected chi connectivity index (χ0v) is 11.3. The van der Waals surface area contributed by atoms with Crippen LogP contribution in [-0.4, -0.2) is 28.5 Å². The molecule has 6 nitrogen and oxygen atoms in total. The van der Waals surface area contributed by atoms with Crippen LogP contribution in [0.25, 0.3) is 0 Å². The number of nitrogens with one attached hydrogen (secondary N) is 1. The third kappa shape index (κ3) is 1.77. The molecular formula is C14H14N4O2.